The van der Waals surface area contributed by atoms with Gasteiger partial charge in [0.15, 0.2) is 0 Å². The van der Waals surface area contributed by atoms with Crippen molar-refractivity contribution >= 4 is 0 Å². The fourth-order valence-electron chi connectivity index (χ4n) is 1.28. The van der Waals surface area contributed by atoms with Gasteiger partial charge in [-0.15, -0.1) is 0 Å². The molecule has 1 aromatic rings. The summed E-state index contributed by atoms with van der Waals surface area (Å²) in [5, 5.41) is 17.8. The van der Waals surface area contributed by atoms with Gasteiger partial charge in [0.1, 0.15) is 0 Å². The molecule has 0 aliphatic carbocycles. The van der Waals surface area contributed by atoms with Crippen molar-refractivity contribution in [2.24, 2.45) is 5.73 Å². The molecular formula is C11H14N2O. The summed E-state index contributed by atoms with van der Waals surface area (Å²) in [6.45, 7) is 1.65. The molecule has 0 fully saturated rings. The molecule has 0 bridgehead atoms. The Morgan fingerprint density at radius 1 is 1.57 bits per heavy atom. The highest BCUT2D eigenvalue weighted by Gasteiger charge is 2.11. The molecule has 3 heteroatoms. The maximum atomic E-state index is 9.31. The highest BCUT2D eigenvalue weighted by molar-refractivity contribution is 5.28. The van der Waals surface area contributed by atoms with E-state index in [0.29, 0.717) is 6.42 Å². The molecule has 0 aliphatic rings. The molecule has 3 N–H and O–H groups in total. The van der Waals surface area contributed by atoms with E-state index in [2.05, 4.69) is 6.07 Å². The number of nitrogens with zero attached hydrogens (tertiary/aromatic N) is 1. The molecule has 0 spiro atoms. The number of hydrogen-bond donors (Lipinski definition) is 2. The molecule has 1 aromatic carbocycles. The van der Waals surface area contributed by atoms with Crippen molar-refractivity contribution in [1.29, 1.82) is 5.26 Å². The first-order valence-electron chi connectivity index (χ1n) is 4.54. The number of nitriles is 1. The quantitative estimate of drug-likeness (QED) is 0.750. The van der Waals surface area contributed by atoms with E-state index in [1.165, 1.54) is 0 Å². The number of aliphatic hydroxyl groups excluding tert-OH is 1. The lowest BCUT2D eigenvalue weighted by Crippen LogP contribution is -2.23. The Labute approximate surface area is 83.8 Å². The standard InChI is InChI=1S/C11H14N2O/c1-8(14)11(13)10-4-2-3-9(7-10)5-6-12/h2-4,7-8,11,14H,5,13H2,1H3. The monoisotopic (exact) mass is 190 g/mol. The number of benzene rings is 1. The van der Waals surface area contributed by atoms with E-state index in [0.717, 1.165) is 11.1 Å². The summed E-state index contributed by atoms with van der Waals surface area (Å²) in [6.07, 6.45) is -0.201. The zero-order valence-corrected chi connectivity index (χ0v) is 8.14. The topological polar surface area (TPSA) is 70.0 Å². The molecule has 3 nitrogen and oxygen atoms in total. The van der Waals surface area contributed by atoms with E-state index >= 15 is 0 Å². The molecule has 0 saturated heterocycles. The van der Waals surface area contributed by atoms with E-state index in [1.807, 2.05) is 24.3 Å². The number of hydrogen-bond acceptors (Lipinski definition) is 3. The van der Waals surface area contributed by atoms with Gasteiger partial charge in [0, 0.05) is 0 Å². The number of aliphatic hydroxyl groups is 1. The maximum absolute atomic E-state index is 9.31. The Morgan fingerprint density at radius 3 is 2.86 bits per heavy atom. The van der Waals surface area contributed by atoms with E-state index in [9.17, 15) is 5.11 Å². The molecule has 0 heterocycles. The van der Waals surface area contributed by atoms with E-state index in [-0.39, 0.29) is 6.04 Å². The number of rotatable bonds is 3. The SMILES string of the molecule is CC(O)C(N)c1cccc(CC#N)c1. The summed E-state index contributed by atoms with van der Waals surface area (Å²) >= 11 is 0. The van der Waals surface area contributed by atoms with Gasteiger partial charge < -0.3 is 10.8 Å². The summed E-state index contributed by atoms with van der Waals surface area (Å²) in [7, 11) is 0. The smallest absolute Gasteiger partial charge is 0.0704 e. The number of nitrogens with two attached hydrogens (primary N) is 1. The first kappa shape index (κ1) is 10.7. The van der Waals surface area contributed by atoms with Crippen LogP contribution in [0.5, 0.6) is 0 Å². The Hall–Kier alpha value is -1.37. The van der Waals surface area contributed by atoms with Gasteiger partial charge in [0.05, 0.1) is 24.6 Å². The second-order valence-electron chi connectivity index (χ2n) is 3.35. The summed E-state index contributed by atoms with van der Waals surface area (Å²) in [6, 6.07) is 9.14. The van der Waals surface area contributed by atoms with Crippen LogP contribution in [0.1, 0.15) is 24.1 Å². The minimum atomic E-state index is -0.577. The van der Waals surface area contributed by atoms with E-state index in [1.54, 1.807) is 6.92 Å². The first-order valence-corrected chi connectivity index (χ1v) is 4.54. The largest absolute Gasteiger partial charge is 0.391 e. The van der Waals surface area contributed by atoms with Gasteiger partial charge in [-0.1, -0.05) is 24.3 Å². The third-order valence-electron chi connectivity index (χ3n) is 2.14. The minimum absolute atomic E-state index is 0.375. The van der Waals surface area contributed by atoms with Crippen LogP contribution >= 0.6 is 0 Å². The van der Waals surface area contributed by atoms with Crippen molar-refractivity contribution in [1.82, 2.24) is 0 Å². The third-order valence-corrected chi connectivity index (χ3v) is 2.14. The van der Waals surface area contributed by atoms with Crippen LogP contribution in [0, 0.1) is 11.3 Å². The van der Waals surface area contributed by atoms with Crippen molar-refractivity contribution in [3.8, 4) is 6.07 Å². The summed E-state index contributed by atoms with van der Waals surface area (Å²) in [5.74, 6) is 0. The highest BCUT2D eigenvalue weighted by atomic mass is 16.3. The van der Waals surface area contributed by atoms with Crippen LogP contribution in [0.2, 0.25) is 0 Å². The molecule has 1 rings (SSSR count). The molecule has 0 aliphatic heterocycles. The second kappa shape index (κ2) is 4.75. The summed E-state index contributed by atoms with van der Waals surface area (Å²) in [5.41, 5.74) is 7.57. The van der Waals surface area contributed by atoms with Crippen LogP contribution in [0.15, 0.2) is 24.3 Å². The molecule has 74 valence electrons. The fourth-order valence-corrected chi connectivity index (χ4v) is 1.28. The van der Waals surface area contributed by atoms with Crippen LogP contribution in [-0.4, -0.2) is 11.2 Å². The highest BCUT2D eigenvalue weighted by Crippen LogP contribution is 2.15. The van der Waals surface area contributed by atoms with Gasteiger partial charge >= 0.3 is 0 Å². The fraction of sp³-hybridized carbons (Fsp3) is 0.364. The molecule has 14 heavy (non-hydrogen) atoms. The van der Waals surface area contributed by atoms with E-state index in [4.69, 9.17) is 11.0 Å². The molecule has 0 amide bonds. The van der Waals surface area contributed by atoms with Crippen molar-refractivity contribution in [3.63, 3.8) is 0 Å². The lowest BCUT2D eigenvalue weighted by Gasteiger charge is -2.15. The lowest BCUT2D eigenvalue weighted by atomic mass is 10.0. The van der Waals surface area contributed by atoms with Crippen LogP contribution in [0.4, 0.5) is 0 Å². The van der Waals surface area contributed by atoms with Crippen LogP contribution in [0.25, 0.3) is 0 Å². The zero-order valence-electron chi connectivity index (χ0n) is 8.14. The maximum Gasteiger partial charge on any atom is 0.0704 e. The summed E-state index contributed by atoms with van der Waals surface area (Å²) < 4.78 is 0. The Balaban J connectivity index is 2.89. The molecule has 0 radical (unpaired) electrons. The zero-order chi connectivity index (χ0) is 10.6. The average Bonchev–Trinajstić information content (AvgIpc) is 2.17. The Kier molecular flexibility index (Phi) is 3.63. The van der Waals surface area contributed by atoms with Gasteiger partial charge in [0.2, 0.25) is 0 Å². The van der Waals surface area contributed by atoms with Crippen molar-refractivity contribution in [2.45, 2.75) is 25.5 Å². The summed E-state index contributed by atoms with van der Waals surface area (Å²) in [4.78, 5) is 0. The van der Waals surface area contributed by atoms with Gasteiger partial charge in [-0.05, 0) is 18.1 Å². The van der Waals surface area contributed by atoms with Crippen molar-refractivity contribution in [3.05, 3.63) is 35.4 Å². The third kappa shape index (κ3) is 2.56. The molecule has 0 aromatic heterocycles. The Morgan fingerprint density at radius 2 is 2.29 bits per heavy atom. The average molecular weight is 190 g/mol. The minimum Gasteiger partial charge on any atom is -0.391 e. The molecule has 0 saturated carbocycles. The van der Waals surface area contributed by atoms with Gasteiger partial charge in [0.25, 0.3) is 0 Å². The predicted molar refractivity (Wildman–Crippen MR) is 54.4 cm³/mol. The Bertz CT molecular complexity index is 341. The van der Waals surface area contributed by atoms with Gasteiger partial charge in [-0.25, -0.2) is 0 Å². The van der Waals surface area contributed by atoms with Gasteiger partial charge in [-0.2, -0.15) is 5.26 Å². The van der Waals surface area contributed by atoms with E-state index < -0.39 is 6.10 Å². The molecule has 2 unspecified atom stereocenters. The van der Waals surface area contributed by atoms with Crippen molar-refractivity contribution in [2.75, 3.05) is 0 Å². The molecule has 2 atom stereocenters. The molecular weight excluding hydrogens is 176 g/mol. The second-order valence-corrected chi connectivity index (χ2v) is 3.35. The van der Waals surface area contributed by atoms with Crippen molar-refractivity contribution < 1.29 is 5.11 Å². The predicted octanol–water partition coefficient (Wildman–Crippen LogP) is 1.13. The lowest BCUT2D eigenvalue weighted by molar-refractivity contribution is 0.164. The normalized spacial score (nSPS) is 14.4. The van der Waals surface area contributed by atoms with Crippen LogP contribution in [0.3, 0.4) is 0 Å². The van der Waals surface area contributed by atoms with Gasteiger partial charge in [-0.3, -0.25) is 0 Å². The first-order chi connectivity index (χ1) is 6.65. The van der Waals surface area contributed by atoms with Crippen LogP contribution in [-0.2, 0) is 6.42 Å². The van der Waals surface area contributed by atoms with Crippen LogP contribution < -0.4 is 5.73 Å².